The molecule has 1 saturated carbocycles. The van der Waals surface area contributed by atoms with E-state index in [4.69, 9.17) is 0 Å². The van der Waals surface area contributed by atoms with Gasteiger partial charge in [-0.25, -0.2) is 0 Å². The normalized spacial score (nSPS) is 17.9. The third-order valence-electron chi connectivity index (χ3n) is 4.80. The summed E-state index contributed by atoms with van der Waals surface area (Å²) in [6.45, 7) is 0. The van der Waals surface area contributed by atoms with Crippen LogP contribution >= 0.6 is 0 Å². The Morgan fingerprint density at radius 2 is 1.42 bits per heavy atom. The van der Waals surface area contributed by atoms with Gasteiger partial charge < -0.3 is 5.32 Å². The Labute approximate surface area is 141 Å². The lowest BCUT2D eigenvalue weighted by molar-refractivity contribution is -0.117. The first-order valence-corrected chi connectivity index (χ1v) is 8.13. The molecule has 118 valence electrons. The number of carbonyl (C=O) groups is 1. The van der Waals surface area contributed by atoms with E-state index in [0.29, 0.717) is 0 Å². The molecular weight excluding hydrogens is 296 g/mol. The Balaban J connectivity index is 1.66. The summed E-state index contributed by atoms with van der Waals surface area (Å²) in [5, 5.41) is 3.02. The van der Waals surface area contributed by atoms with Crippen molar-refractivity contribution in [2.45, 2.75) is 11.8 Å². The maximum atomic E-state index is 12.8. The standard InChI is InChI=1S/C21H18N2O/c24-20(23-18-11-13-22-14-12-18)19-15-21(19,16-7-3-1-4-8-16)17-9-5-2-6-10-17/h1-14,19H,15H2,(H,22,23,24). The van der Waals surface area contributed by atoms with Crippen molar-refractivity contribution in [3.8, 4) is 0 Å². The van der Waals surface area contributed by atoms with E-state index in [-0.39, 0.29) is 17.2 Å². The van der Waals surface area contributed by atoms with Gasteiger partial charge in [-0.3, -0.25) is 9.78 Å². The molecule has 1 heterocycles. The molecule has 0 spiro atoms. The van der Waals surface area contributed by atoms with Crippen LogP contribution in [-0.2, 0) is 10.2 Å². The number of pyridine rings is 1. The number of nitrogens with zero attached hydrogens (tertiary/aromatic N) is 1. The third-order valence-corrected chi connectivity index (χ3v) is 4.80. The molecule has 4 rings (SSSR count). The average molecular weight is 314 g/mol. The first-order valence-electron chi connectivity index (χ1n) is 8.13. The Hall–Kier alpha value is -2.94. The zero-order valence-corrected chi connectivity index (χ0v) is 13.2. The Morgan fingerprint density at radius 1 is 0.875 bits per heavy atom. The van der Waals surface area contributed by atoms with Crippen molar-refractivity contribution in [2.24, 2.45) is 5.92 Å². The predicted molar refractivity (Wildman–Crippen MR) is 94.6 cm³/mol. The predicted octanol–water partition coefficient (Wildman–Crippen LogP) is 4.03. The summed E-state index contributed by atoms with van der Waals surface area (Å²) < 4.78 is 0. The van der Waals surface area contributed by atoms with Gasteiger partial charge in [0.1, 0.15) is 0 Å². The smallest absolute Gasteiger partial charge is 0.228 e. The molecule has 2 aromatic carbocycles. The zero-order chi connectivity index (χ0) is 16.4. The summed E-state index contributed by atoms with van der Waals surface area (Å²) in [7, 11) is 0. The van der Waals surface area contributed by atoms with E-state index in [1.807, 2.05) is 48.5 Å². The van der Waals surface area contributed by atoms with Crippen LogP contribution in [0.25, 0.3) is 0 Å². The highest BCUT2D eigenvalue weighted by molar-refractivity contribution is 5.96. The minimum absolute atomic E-state index is 0.0598. The van der Waals surface area contributed by atoms with E-state index >= 15 is 0 Å². The average Bonchev–Trinajstić information content (AvgIpc) is 3.41. The SMILES string of the molecule is O=C(Nc1ccncc1)C1CC1(c1ccccc1)c1ccccc1. The summed E-state index contributed by atoms with van der Waals surface area (Å²) in [5.41, 5.74) is 2.97. The molecule has 1 amide bonds. The number of benzene rings is 2. The quantitative estimate of drug-likeness (QED) is 0.790. The number of hydrogen-bond donors (Lipinski definition) is 1. The first-order chi connectivity index (χ1) is 11.8. The van der Waals surface area contributed by atoms with Gasteiger partial charge in [-0.1, -0.05) is 60.7 Å². The zero-order valence-electron chi connectivity index (χ0n) is 13.2. The summed E-state index contributed by atoms with van der Waals surface area (Å²) in [6, 6.07) is 24.3. The van der Waals surface area contributed by atoms with Gasteiger partial charge in [0.15, 0.2) is 0 Å². The van der Waals surface area contributed by atoms with E-state index in [1.54, 1.807) is 12.4 Å². The molecule has 0 bridgehead atoms. The van der Waals surface area contributed by atoms with Crippen LogP contribution in [-0.4, -0.2) is 10.9 Å². The van der Waals surface area contributed by atoms with E-state index in [1.165, 1.54) is 11.1 Å². The van der Waals surface area contributed by atoms with Gasteiger partial charge >= 0.3 is 0 Å². The summed E-state index contributed by atoms with van der Waals surface area (Å²) >= 11 is 0. The lowest BCUT2D eigenvalue weighted by Crippen LogP contribution is -2.22. The summed E-state index contributed by atoms with van der Waals surface area (Å²) in [5.74, 6) is 0.00405. The highest BCUT2D eigenvalue weighted by Gasteiger charge is 2.60. The van der Waals surface area contributed by atoms with Crippen LogP contribution in [0.3, 0.4) is 0 Å². The van der Waals surface area contributed by atoms with Gasteiger partial charge in [0.25, 0.3) is 0 Å². The molecule has 24 heavy (non-hydrogen) atoms. The summed E-state index contributed by atoms with van der Waals surface area (Å²) in [4.78, 5) is 16.8. The van der Waals surface area contributed by atoms with Crippen LogP contribution in [0.1, 0.15) is 17.5 Å². The highest BCUT2D eigenvalue weighted by atomic mass is 16.2. The van der Waals surface area contributed by atoms with Gasteiger partial charge in [0, 0.05) is 23.5 Å². The van der Waals surface area contributed by atoms with Crippen LogP contribution in [0, 0.1) is 5.92 Å². The number of anilines is 1. The second-order valence-corrected chi connectivity index (χ2v) is 6.19. The largest absolute Gasteiger partial charge is 0.326 e. The lowest BCUT2D eigenvalue weighted by Gasteiger charge is -2.19. The van der Waals surface area contributed by atoms with Gasteiger partial charge in [-0.05, 0) is 29.7 Å². The van der Waals surface area contributed by atoms with Crippen LogP contribution in [0.2, 0.25) is 0 Å². The topological polar surface area (TPSA) is 42.0 Å². The van der Waals surface area contributed by atoms with E-state index in [0.717, 1.165) is 12.1 Å². The van der Waals surface area contributed by atoms with Crippen molar-refractivity contribution in [2.75, 3.05) is 5.32 Å². The molecule has 1 N–H and O–H groups in total. The first kappa shape index (κ1) is 14.6. The number of amides is 1. The Bertz CT molecular complexity index is 792. The maximum Gasteiger partial charge on any atom is 0.228 e. The lowest BCUT2D eigenvalue weighted by atomic mass is 9.85. The van der Waals surface area contributed by atoms with Crippen molar-refractivity contribution in [1.82, 2.24) is 4.98 Å². The number of aromatic nitrogens is 1. The van der Waals surface area contributed by atoms with Crippen LogP contribution in [0.4, 0.5) is 5.69 Å². The van der Waals surface area contributed by atoms with Crippen molar-refractivity contribution in [3.63, 3.8) is 0 Å². The number of carbonyl (C=O) groups excluding carboxylic acids is 1. The molecule has 0 radical (unpaired) electrons. The number of hydrogen-bond acceptors (Lipinski definition) is 2. The number of nitrogens with one attached hydrogen (secondary N) is 1. The molecule has 1 atom stereocenters. The van der Waals surface area contributed by atoms with E-state index < -0.39 is 0 Å². The van der Waals surface area contributed by atoms with Gasteiger partial charge in [-0.15, -0.1) is 0 Å². The van der Waals surface area contributed by atoms with Crippen molar-refractivity contribution < 1.29 is 4.79 Å². The van der Waals surface area contributed by atoms with E-state index in [2.05, 4.69) is 34.6 Å². The second-order valence-electron chi connectivity index (χ2n) is 6.19. The summed E-state index contributed by atoms with van der Waals surface area (Å²) in [6.07, 6.45) is 4.20. The minimum atomic E-state index is -0.223. The fourth-order valence-electron chi connectivity index (χ4n) is 3.52. The fraction of sp³-hybridized carbons (Fsp3) is 0.143. The molecule has 3 heteroatoms. The molecule has 1 unspecified atom stereocenters. The number of rotatable bonds is 4. The minimum Gasteiger partial charge on any atom is -0.326 e. The van der Waals surface area contributed by atoms with E-state index in [9.17, 15) is 4.79 Å². The second kappa shape index (κ2) is 5.93. The van der Waals surface area contributed by atoms with Crippen molar-refractivity contribution in [1.29, 1.82) is 0 Å². The molecule has 0 saturated heterocycles. The Morgan fingerprint density at radius 3 is 1.96 bits per heavy atom. The molecule has 1 aromatic heterocycles. The van der Waals surface area contributed by atoms with Crippen LogP contribution < -0.4 is 5.32 Å². The molecule has 3 aromatic rings. The third kappa shape index (κ3) is 2.48. The van der Waals surface area contributed by atoms with Gasteiger partial charge in [0.05, 0.1) is 5.92 Å². The van der Waals surface area contributed by atoms with Gasteiger partial charge in [0.2, 0.25) is 5.91 Å². The molecule has 3 nitrogen and oxygen atoms in total. The van der Waals surface area contributed by atoms with Crippen LogP contribution in [0.5, 0.6) is 0 Å². The fourth-order valence-corrected chi connectivity index (χ4v) is 3.52. The maximum absolute atomic E-state index is 12.8. The van der Waals surface area contributed by atoms with Crippen molar-refractivity contribution in [3.05, 3.63) is 96.3 Å². The molecule has 1 aliphatic carbocycles. The molecule has 0 aliphatic heterocycles. The van der Waals surface area contributed by atoms with Crippen LogP contribution in [0.15, 0.2) is 85.2 Å². The Kier molecular flexibility index (Phi) is 3.62. The van der Waals surface area contributed by atoms with Gasteiger partial charge in [-0.2, -0.15) is 0 Å². The molecule has 1 aliphatic rings. The van der Waals surface area contributed by atoms with Crippen molar-refractivity contribution >= 4 is 11.6 Å². The monoisotopic (exact) mass is 314 g/mol. The molecular formula is C21H18N2O. The molecule has 1 fully saturated rings. The highest BCUT2D eigenvalue weighted by Crippen LogP contribution is 2.59.